The first-order chi connectivity index (χ1) is 9.02. The minimum Gasteiger partial charge on any atom is -0.326 e. The van der Waals surface area contributed by atoms with Gasteiger partial charge in [0.25, 0.3) is 0 Å². The first-order valence-electron chi connectivity index (χ1n) is 5.88. The van der Waals surface area contributed by atoms with Crippen LogP contribution in [-0.4, -0.2) is 5.91 Å². The SMILES string of the molecule is Cc1cc(Br)cc(NC(=O)Cc2ccc(S)cc2)c1. The predicted molar refractivity (Wildman–Crippen MR) is 84.9 cm³/mol. The lowest BCUT2D eigenvalue weighted by molar-refractivity contribution is -0.115. The maximum atomic E-state index is 11.9. The smallest absolute Gasteiger partial charge is 0.228 e. The van der Waals surface area contributed by atoms with E-state index in [0.717, 1.165) is 26.2 Å². The molecule has 0 saturated heterocycles. The summed E-state index contributed by atoms with van der Waals surface area (Å²) in [7, 11) is 0. The summed E-state index contributed by atoms with van der Waals surface area (Å²) in [6, 6.07) is 13.4. The van der Waals surface area contributed by atoms with E-state index in [9.17, 15) is 4.79 Å². The molecule has 0 aromatic heterocycles. The first kappa shape index (κ1) is 14.2. The van der Waals surface area contributed by atoms with Gasteiger partial charge in [-0.3, -0.25) is 4.79 Å². The summed E-state index contributed by atoms with van der Waals surface area (Å²) in [6.07, 6.45) is 0.361. The fourth-order valence-corrected chi connectivity index (χ4v) is 2.57. The molecule has 2 rings (SSSR count). The minimum atomic E-state index is -0.0237. The first-order valence-corrected chi connectivity index (χ1v) is 7.12. The van der Waals surface area contributed by atoms with Crippen LogP contribution in [0.1, 0.15) is 11.1 Å². The Balaban J connectivity index is 2.03. The second-order valence-electron chi connectivity index (χ2n) is 4.41. The van der Waals surface area contributed by atoms with Crippen LogP contribution in [0.15, 0.2) is 51.8 Å². The number of hydrogen-bond donors (Lipinski definition) is 2. The number of carbonyl (C=O) groups is 1. The van der Waals surface area contributed by atoms with E-state index in [0.29, 0.717) is 6.42 Å². The lowest BCUT2D eigenvalue weighted by Gasteiger charge is -2.07. The minimum absolute atomic E-state index is 0.0237. The van der Waals surface area contributed by atoms with Crippen molar-refractivity contribution in [1.29, 1.82) is 0 Å². The monoisotopic (exact) mass is 335 g/mol. The lowest BCUT2D eigenvalue weighted by Crippen LogP contribution is -2.14. The number of nitrogens with one attached hydrogen (secondary N) is 1. The van der Waals surface area contributed by atoms with Gasteiger partial charge in [0.05, 0.1) is 6.42 Å². The molecule has 19 heavy (non-hydrogen) atoms. The van der Waals surface area contributed by atoms with Gasteiger partial charge in [-0.25, -0.2) is 0 Å². The number of amides is 1. The van der Waals surface area contributed by atoms with Crippen molar-refractivity contribution < 1.29 is 4.79 Å². The lowest BCUT2D eigenvalue weighted by atomic mass is 10.1. The number of halogens is 1. The van der Waals surface area contributed by atoms with Gasteiger partial charge in [0, 0.05) is 15.1 Å². The molecule has 2 nitrogen and oxygen atoms in total. The molecule has 4 heteroatoms. The summed E-state index contributed by atoms with van der Waals surface area (Å²) in [5, 5.41) is 2.90. The fraction of sp³-hybridized carbons (Fsp3) is 0.133. The third-order valence-corrected chi connectivity index (χ3v) is 3.38. The van der Waals surface area contributed by atoms with Crippen molar-refractivity contribution in [2.45, 2.75) is 18.2 Å². The number of anilines is 1. The van der Waals surface area contributed by atoms with E-state index in [2.05, 4.69) is 33.9 Å². The van der Waals surface area contributed by atoms with E-state index in [1.54, 1.807) is 0 Å². The van der Waals surface area contributed by atoms with Crippen LogP contribution < -0.4 is 5.32 Å². The Labute approximate surface area is 126 Å². The van der Waals surface area contributed by atoms with Crippen LogP contribution in [0.4, 0.5) is 5.69 Å². The van der Waals surface area contributed by atoms with Gasteiger partial charge in [-0.05, 0) is 48.4 Å². The normalized spacial score (nSPS) is 10.3. The highest BCUT2D eigenvalue weighted by molar-refractivity contribution is 9.10. The van der Waals surface area contributed by atoms with E-state index in [4.69, 9.17) is 0 Å². The molecule has 2 aromatic rings. The molecule has 0 fully saturated rings. The molecule has 0 aliphatic rings. The van der Waals surface area contributed by atoms with Gasteiger partial charge < -0.3 is 5.32 Å². The second kappa shape index (κ2) is 6.26. The zero-order valence-electron chi connectivity index (χ0n) is 10.5. The van der Waals surface area contributed by atoms with Crippen molar-refractivity contribution in [1.82, 2.24) is 0 Å². The van der Waals surface area contributed by atoms with Crippen LogP contribution in [-0.2, 0) is 11.2 Å². The van der Waals surface area contributed by atoms with Crippen molar-refractivity contribution in [3.8, 4) is 0 Å². The van der Waals surface area contributed by atoms with E-state index >= 15 is 0 Å². The molecule has 0 atom stereocenters. The van der Waals surface area contributed by atoms with E-state index in [-0.39, 0.29) is 5.91 Å². The van der Waals surface area contributed by atoms with Crippen molar-refractivity contribution in [3.63, 3.8) is 0 Å². The molecule has 98 valence electrons. The van der Waals surface area contributed by atoms with Crippen LogP contribution in [0.25, 0.3) is 0 Å². The molecule has 0 unspecified atom stereocenters. The van der Waals surface area contributed by atoms with Crippen LogP contribution in [0.2, 0.25) is 0 Å². The van der Waals surface area contributed by atoms with Crippen molar-refractivity contribution >= 4 is 40.2 Å². The molecule has 0 spiro atoms. The summed E-state index contributed by atoms with van der Waals surface area (Å²) < 4.78 is 0.960. The van der Waals surface area contributed by atoms with Crippen molar-refractivity contribution in [2.75, 3.05) is 5.32 Å². The zero-order valence-corrected chi connectivity index (χ0v) is 13.0. The van der Waals surface area contributed by atoms with Crippen LogP contribution >= 0.6 is 28.6 Å². The average Bonchev–Trinajstić information content (AvgIpc) is 2.30. The van der Waals surface area contributed by atoms with Gasteiger partial charge in [-0.15, -0.1) is 12.6 Å². The Bertz CT molecular complexity index is 575. The van der Waals surface area contributed by atoms with E-state index in [1.165, 1.54) is 0 Å². The maximum absolute atomic E-state index is 11.9. The molecule has 0 saturated carbocycles. The number of thiol groups is 1. The summed E-state index contributed by atoms with van der Waals surface area (Å²) in [5.41, 5.74) is 2.88. The highest BCUT2D eigenvalue weighted by atomic mass is 79.9. The van der Waals surface area contributed by atoms with E-state index < -0.39 is 0 Å². The standard InChI is InChI=1S/C15H14BrNOS/c1-10-6-12(16)9-13(7-10)17-15(18)8-11-2-4-14(19)5-3-11/h2-7,9,19H,8H2,1H3,(H,17,18). The van der Waals surface area contributed by atoms with Gasteiger partial charge in [0.1, 0.15) is 0 Å². The molecular formula is C15H14BrNOS. The van der Waals surface area contributed by atoms with Gasteiger partial charge in [-0.2, -0.15) is 0 Å². The predicted octanol–water partition coefficient (Wildman–Crippen LogP) is 4.23. The van der Waals surface area contributed by atoms with Gasteiger partial charge in [0.15, 0.2) is 0 Å². The third kappa shape index (κ3) is 4.40. The molecule has 0 bridgehead atoms. The summed E-state index contributed by atoms with van der Waals surface area (Å²) >= 11 is 7.64. The second-order valence-corrected chi connectivity index (χ2v) is 5.84. The number of carbonyl (C=O) groups excluding carboxylic acids is 1. The molecule has 0 heterocycles. The Kier molecular flexibility index (Phi) is 4.66. The van der Waals surface area contributed by atoms with Crippen molar-refractivity contribution in [2.24, 2.45) is 0 Å². The molecular weight excluding hydrogens is 322 g/mol. The zero-order chi connectivity index (χ0) is 13.8. The highest BCUT2D eigenvalue weighted by Crippen LogP contribution is 2.19. The summed E-state index contributed by atoms with van der Waals surface area (Å²) in [5.74, 6) is -0.0237. The molecule has 0 aliphatic heterocycles. The fourth-order valence-electron chi connectivity index (χ4n) is 1.81. The highest BCUT2D eigenvalue weighted by Gasteiger charge is 2.05. The van der Waals surface area contributed by atoms with Crippen LogP contribution in [0.5, 0.6) is 0 Å². The van der Waals surface area contributed by atoms with Gasteiger partial charge in [0.2, 0.25) is 5.91 Å². The Morgan fingerprint density at radius 3 is 2.53 bits per heavy atom. The topological polar surface area (TPSA) is 29.1 Å². The maximum Gasteiger partial charge on any atom is 0.228 e. The number of rotatable bonds is 3. The molecule has 1 amide bonds. The average molecular weight is 336 g/mol. The van der Waals surface area contributed by atoms with E-state index in [1.807, 2.05) is 49.4 Å². The number of aryl methyl sites for hydroxylation is 1. The molecule has 2 aromatic carbocycles. The summed E-state index contributed by atoms with van der Waals surface area (Å²) in [4.78, 5) is 12.8. The van der Waals surface area contributed by atoms with Crippen LogP contribution in [0, 0.1) is 6.92 Å². The Morgan fingerprint density at radius 1 is 1.21 bits per heavy atom. The van der Waals surface area contributed by atoms with Crippen LogP contribution in [0.3, 0.4) is 0 Å². The molecule has 0 radical (unpaired) electrons. The number of benzene rings is 2. The molecule has 0 aliphatic carbocycles. The number of hydrogen-bond acceptors (Lipinski definition) is 2. The summed E-state index contributed by atoms with van der Waals surface area (Å²) in [6.45, 7) is 1.99. The van der Waals surface area contributed by atoms with Crippen molar-refractivity contribution in [3.05, 3.63) is 58.1 Å². The van der Waals surface area contributed by atoms with Gasteiger partial charge in [-0.1, -0.05) is 28.1 Å². The van der Waals surface area contributed by atoms with Gasteiger partial charge >= 0.3 is 0 Å². The Morgan fingerprint density at radius 2 is 1.89 bits per heavy atom. The largest absolute Gasteiger partial charge is 0.326 e. The quantitative estimate of drug-likeness (QED) is 0.807. The third-order valence-electron chi connectivity index (χ3n) is 2.63. The molecule has 1 N–H and O–H groups in total. The Hall–Kier alpha value is -1.26.